The van der Waals surface area contributed by atoms with Gasteiger partial charge in [-0.3, -0.25) is 4.98 Å². The van der Waals surface area contributed by atoms with E-state index in [1.54, 1.807) is 0 Å². The molecule has 3 nitrogen and oxygen atoms in total. The quantitative estimate of drug-likeness (QED) is 0.915. The molecule has 1 atom stereocenters. The molecule has 0 aromatic carbocycles. The molecule has 1 aliphatic carbocycles. The second-order valence-corrected chi connectivity index (χ2v) is 6.15. The fraction of sp³-hybridized carbons (Fsp3) is 0.400. The Kier molecular flexibility index (Phi) is 3.71. The van der Waals surface area contributed by atoms with Crippen molar-refractivity contribution < 1.29 is 0 Å². The van der Waals surface area contributed by atoms with Crippen LogP contribution < -0.4 is 5.32 Å². The van der Waals surface area contributed by atoms with Crippen LogP contribution in [-0.2, 0) is 6.54 Å². The maximum Gasteiger partial charge on any atom is 0.0485 e. The number of nitrogens with zero attached hydrogens (tertiary/aromatic N) is 2. The predicted octanol–water partition coefficient (Wildman–Crippen LogP) is 3.36. The first-order valence-corrected chi connectivity index (χ1v) is 7.48. The Morgan fingerprint density at radius 1 is 1.47 bits per heavy atom. The van der Waals surface area contributed by atoms with E-state index in [9.17, 15) is 0 Å². The molecule has 0 spiro atoms. The number of hydrogen-bond acceptors (Lipinski definition) is 2. The SMILES string of the molecule is CNC(c1ccn(Cc2cncc(Br)c2)c1)C1CC1. The molecule has 2 aromatic heterocycles. The topological polar surface area (TPSA) is 29.9 Å². The highest BCUT2D eigenvalue weighted by Gasteiger charge is 2.31. The molecule has 19 heavy (non-hydrogen) atoms. The summed E-state index contributed by atoms with van der Waals surface area (Å²) in [6.45, 7) is 0.869. The van der Waals surface area contributed by atoms with E-state index in [0.29, 0.717) is 6.04 Å². The summed E-state index contributed by atoms with van der Waals surface area (Å²) in [5, 5.41) is 3.43. The van der Waals surface area contributed by atoms with Crippen molar-refractivity contribution in [3.05, 3.63) is 52.5 Å². The zero-order valence-corrected chi connectivity index (χ0v) is 12.6. The van der Waals surface area contributed by atoms with Gasteiger partial charge in [-0.15, -0.1) is 0 Å². The summed E-state index contributed by atoms with van der Waals surface area (Å²) in [4.78, 5) is 4.20. The van der Waals surface area contributed by atoms with E-state index in [2.05, 4.69) is 62.4 Å². The fourth-order valence-corrected chi connectivity index (χ4v) is 3.01. The van der Waals surface area contributed by atoms with Gasteiger partial charge < -0.3 is 9.88 Å². The molecular weight excluding hydrogens is 302 g/mol. The highest BCUT2D eigenvalue weighted by atomic mass is 79.9. The molecule has 0 radical (unpaired) electrons. The number of aromatic nitrogens is 2. The fourth-order valence-electron chi connectivity index (χ4n) is 2.60. The third kappa shape index (κ3) is 3.07. The van der Waals surface area contributed by atoms with Gasteiger partial charge in [-0.05, 0) is 65.0 Å². The van der Waals surface area contributed by atoms with Crippen molar-refractivity contribution in [3.8, 4) is 0 Å². The molecule has 1 N–H and O–H groups in total. The molecule has 1 fully saturated rings. The molecule has 1 unspecified atom stereocenters. The molecule has 0 aliphatic heterocycles. The summed E-state index contributed by atoms with van der Waals surface area (Å²) in [6, 6.07) is 4.86. The number of rotatable bonds is 5. The summed E-state index contributed by atoms with van der Waals surface area (Å²) in [5.74, 6) is 0.827. The van der Waals surface area contributed by atoms with E-state index < -0.39 is 0 Å². The van der Waals surface area contributed by atoms with Gasteiger partial charge in [0, 0.05) is 41.8 Å². The molecule has 2 aromatic rings. The van der Waals surface area contributed by atoms with Crippen molar-refractivity contribution >= 4 is 15.9 Å². The average molecular weight is 320 g/mol. The molecule has 0 amide bonds. The van der Waals surface area contributed by atoms with Crippen molar-refractivity contribution in [2.75, 3.05) is 7.05 Å². The van der Waals surface area contributed by atoms with E-state index in [4.69, 9.17) is 0 Å². The lowest BCUT2D eigenvalue weighted by atomic mass is 10.1. The van der Waals surface area contributed by atoms with Gasteiger partial charge >= 0.3 is 0 Å². The number of hydrogen-bond donors (Lipinski definition) is 1. The van der Waals surface area contributed by atoms with E-state index in [0.717, 1.165) is 16.9 Å². The van der Waals surface area contributed by atoms with Crippen molar-refractivity contribution in [1.29, 1.82) is 0 Å². The predicted molar refractivity (Wildman–Crippen MR) is 80.0 cm³/mol. The summed E-state index contributed by atoms with van der Waals surface area (Å²) in [6.07, 6.45) is 10.8. The Balaban J connectivity index is 1.74. The highest BCUT2D eigenvalue weighted by molar-refractivity contribution is 9.10. The van der Waals surface area contributed by atoms with Crippen LogP contribution in [0.3, 0.4) is 0 Å². The summed E-state index contributed by atoms with van der Waals surface area (Å²) in [5.41, 5.74) is 2.61. The monoisotopic (exact) mass is 319 g/mol. The van der Waals surface area contributed by atoms with Gasteiger partial charge in [-0.1, -0.05) is 0 Å². The second kappa shape index (κ2) is 5.47. The number of pyridine rings is 1. The molecule has 1 aliphatic rings. The Labute approximate surface area is 122 Å². The number of halogens is 1. The van der Waals surface area contributed by atoms with Crippen LogP contribution >= 0.6 is 15.9 Å². The maximum atomic E-state index is 4.20. The smallest absolute Gasteiger partial charge is 0.0485 e. The third-order valence-electron chi connectivity index (χ3n) is 3.66. The van der Waals surface area contributed by atoms with Crippen LogP contribution in [0, 0.1) is 5.92 Å². The van der Waals surface area contributed by atoms with Crippen molar-refractivity contribution in [1.82, 2.24) is 14.9 Å². The van der Waals surface area contributed by atoms with Gasteiger partial charge in [0.05, 0.1) is 0 Å². The zero-order chi connectivity index (χ0) is 13.2. The molecule has 0 bridgehead atoms. The average Bonchev–Trinajstić information content (AvgIpc) is 3.12. The van der Waals surface area contributed by atoms with E-state index in [1.807, 2.05) is 12.4 Å². The van der Waals surface area contributed by atoms with Gasteiger partial charge in [0.15, 0.2) is 0 Å². The van der Waals surface area contributed by atoms with Crippen LogP contribution in [0.1, 0.15) is 30.0 Å². The molecule has 1 saturated carbocycles. The normalized spacial score (nSPS) is 16.5. The van der Waals surface area contributed by atoms with Crippen molar-refractivity contribution in [2.45, 2.75) is 25.4 Å². The van der Waals surface area contributed by atoms with Gasteiger partial charge in [-0.2, -0.15) is 0 Å². The maximum absolute atomic E-state index is 4.20. The van der Waals surface area contributed by atoms with E-state index in [1.165, 1.54) is 24.0 Å². The lowest BCUT2D eigenvalue weighted by Gasteiger charge is -2.13. The van der Waals surface area contributed by atoms with Crippen LogP contribution in [0.4, 0.5) is 0 Å². The van der Waals surface area contributed by atoms with Crippen LogP contribution in [0.15, 0.2) is 41.4 Å². The third-order valence-corrected chi connectivity index (χ3v) is 4.10. The van der Waals surface area contributed by atoms with Gasteiger partial charge in [-0.25, -0.2) is 0 Å². The summed E-state index contributed by atoms with van der Waals surface area (Å²) < 4.78 is 3.26. The van der Waals surface area contributed by atoms with Gasteiger partial charge in [0.1, 0.15) is 0 Å². The minimum Gasteiger partial charge on any atom is -0.350 e. The highest BCUT2D eigenvalue weighted by Crippen LogP contribution is 2.40. The Morgan fingerprint density at radius 3 is 3.00 bits per heavy atom. The Morgan fingerprint density at radius 2 is 2.32 bits per heavy atom. The second-order valence-electron chi connectivity index (χ2n) is 5.23. The first kappa shape index (κ1) is 12.9. The lowest BCUT2D eigenvalue weighted by molar-refractivity contribution is 0.528. The molecule has 0 saturated heterocycles. The van der Waals surface area contributed by atoms with Crippen LogP contribution in [0.2, 0.25) is 0 Å². The zero-order valence-electron chi connectivity index (χ0n) is 11.0. The van der Waals surface area contributed by atoms with Gasteiger partial charge in [0.2, 0.25) is 0 Å². The molecule has 100 valence electrons. The number of nitrogens with one attached hydrogen (secondary N) is 1. The van der Waals surface area contributed by atoms with E-state index in [-0.39, 0.29) is 0 Å². The minimum atomic E-state index is 0.516. The first-order chi connectivity index (χ1) is 9.26. The standard InChI is InChI=1S/C15H18BrN3/c1-17-15(12-2-3-12)13-4-5-19(10-13)9-11-6-14(16)8-18-7-11/h4-8,10,12,15,17H,2-3,9H2,1H3. The lowest BCUT2D eigenvalue weighted by Crippen LogP contribution is -2.17. The minimum absolute atomic E-state index is 0.516. The van der Waals surface area contributed by atoms with E-state index >= 15 is 0 Å². The van der Waals surface area contributed by atoms with Crippen molar-refractivity contribution in [2.24, 2.45) is 5.92 Å². The summed E-state index contributed by atoms with van der Waals surface area (Å²) >= 11 is 3.46. The Bertz CT molecular complexity index is 560. The largest absolute Gasteiger partial charge is 0.350 e. The van der Waals surface area contributed by atoms with Gasteiger partial charge in [0.25, 0.3) is 0 Å². The molecule has 3 rings (SSSR count). The summed E-state index contributed by atoms with van der Waals surface area (Å²) in [7, 11) is 2.05. The van der Waals surface area contributed by atoms with Crippen LogP contribution in [0.5, 0.6) is 0 Å². The first-order valence-electron chi connectivity index (χ1n) is 6.68. The molecule has 4 heteroatoms. The van der Waals surface area contributed by atoms with Crippen LogP contribution in [-0.4, -0.2) is 16.6 Å². The van der Waals surface area contributed by atoms with Crippen LogP contribution in [0.25, 0.3) is 0 Å². The van der Waals surface area contributed by atoms with Crippen molar-refractivity contribution in [3.63, 3.8) is 0 Å². The Hall–Kier alpha value is -1.13. The molecular formula is C15H18BrN3. The molecule has 2 heterocycles.